The van der Waals surface area contributed by atoms with Gasteiger partial charge in [-0.3, -0.25) is 4.79 Å². The van der Waals surface area contributed by atoms with Crippen molar-refractivity contribution in [3.8, 4) is 0 Å². The summed E-state index contributed by atoms with van der Waals surface area (Å²) in [5.74, 6) is -0.185. The maximum Gasteiger partial charge on any atom is 0.253 e. The predicted molar refractivity (Wildman–Crippen MR) is 70.3 cm³/mol. The van der Waals surface area contributed by atoms with Crippen molar-refractivity contribution >= 4 is 31.7 Å². The second-order valence-corrected chi connectivity index (χ2v) is 6.52. The second-order valence-electron chi connectivity index (χ2n) is 3.72. The van der Waals surface area contributed by atoms with E-state index in [9.17, 15) is 13.2 Å². The van der Waals surface area contributed by atoms with Crippen LogP contribution in [0, 0.1) is 0 Å². The molecule has 1 rings (SSSR count). The third-order valence-corrected chi connectivity index (χ3v) is 3.74. The summed E-state index contributed by atoms with van der Waals surface area (Å²) in [4.78, 5) is 13.6. The molecule has 4 nitrogen and oxygen atoms in total. The number of hydrogen-bond acceptors (Lipinski definition) is 3. The number of halogens is 1. The van der Waals surface area contributed by atoms with Gasteiger partial charge in [0, 0.05) is 30.7 Å². The third-order valence-electron chi connectivity index (χ3n) is 2.28. The molecule has 0 saturated carbocycles. The van der Waals surface area contributed by atoms with Crippen LogP contribution in [0.25, 0.3) is 0 Å². The molecule has 0 radical (unpaired) electrons. The monoisotopic (exact) mass is 319 g/mol. The van der Waals surface area contributed by atoms with Crippen LogP contribution in [-0.2, 0) is 9.84 Å². The lowest BCUT2D eigenvalue weighted by molar-refractivity contribution is 0.0804. The van der Waals surface area contributed by atoms with Gasteiger partial charge in [-0.05, 0) is 18.2 Å². The normalized spacial score (nSPS) is 11.2. The summed E-state index contributed by atoms with van der Waals surface area (Å²) in [5, 5.41) is 0.682. The fourth-order valence-electron chi connectivity index (χ4n) is 1.31. The Hall–Kier alpha value is -0.880. The van der Waals surface area contributed by atoms with Crippen LogP contribution in [-0.4, -0.2) is 44.4 Å². The molecule has 1 amide bonds. The summed E-state index contributed by atoms with van der Waals surface area (Å²) in [7, 11) is -1.60. The molecule has 0 spiro atoms. The summed E-state index contributed by atoms with van der Waals surface area (Å²) >= 11 is 3.25. The molecule has 0 unspecified atom stereocenters. The minimum Gasteiger partial charge on any atom is -0.341 e. The van der Waals surface area contributed by atoms with E-state index in [1.54, 1.807) is 19.2 Å². The first-order valence-electron chi connectivity index (χ1n) is 4.98. The Kier molecular flexibility index (Phi) is 4.70. The number of sulfone groups is 1. The fraction of sp³-hybridized carbons (Fsp3) is 0.364. The van der Waals surface area contributed by atoms with Crippen LogP contribution in [0.3, 0.4) is 0 Å². The minimum atomic E-state index is -3.28. The van der Waals surface area contributed by atoms with Gasteiger partial charge in [0.05, 0.1) is 4.90 Å². The first kappa shape index (κ1) is 14.2. The Bertz CT molecular complexity index is 513. The van der Waals surface area contributed by atoms with Crippen LogP contribution in [0.15, 0.2) is 29.2 Å². The quantitative estimate of drug-likeness (QED) is 0.791. The van der Waals surface area contributed by atoms with E-state index >= 15 is 0 Å². The van der Waals surface area contributed by atoms with Crippen LogP contribution in [0.1, 0.15) is 10.4 Å². The van der Waals surface area contributed by atoms with Crippen molar-refractivity contribution < 1.29 is 13.2 Å². The van der Waals surface area contributed by atoms with Gasteiger partial charge in [-0.2, -0.15) is 0 Å². The van der Waals surface area contributed by atoms with Gasteiger partial charge < -0.3 is 4.90 Å². The highest BCUT2D eigenvalue weighted by Gasteiger charge is 2.14. The van der Waals surface area contributed by atoms with E-state index in [1.165, 1.54) is 17.0 Å². The molecule has 6 heteroatoms. The van der Waals surface area contributed by atoms with Crippen molar-refractivity contribution in [3.63, 3.8) is 0 Å². The Balaban J connectivity index is 3.04. The number of carbonyl (C=O) groups excluding carboxylic acids is 1. The Morgan fingerprint density at radius 1 is 1.41 bits per heavy atom. The molecule has 0 saturated heterocycles. The van der Waals surface area contributed by atoms with Crippen molar-refractivity contribution in [1.82, 2.24) is 4.90 Å². The Morgan fingerprint density at radius 2 is 2.06 bits per heavy atom. The molecule has 94 valence electrons. The summed E-state index contributed by atoms with van der Waals surface area (Å²) < 4.78 is 22.7. The van der Waals surface area contributed by atoms with Gasteiger partial charge >= 0.3 is 0 Å². The number of rotatable bonds is 4. The molecule has 0 bridgehead atoms. The average molecular weight is 320 g/mol. The average Bonchev–Trinajstić information content (AvgIpc) is 2.27. The lowest BCUT2D eigenvalue weighted by Gasteiger charge is -2.15. The molecule has 1 aromatic rings. The molecule has 17 heavy (non-hydrogen) atoms. The van der Waals surface area contributed by atoms with E-state index in [1.807, 2.05) is 0 Å². The number of hydrogen-bond donors (Lipinski definition) is 0. The van der Waals surface area contributed by atoms with Gasteiger partial charge in [0.15, 0.2) is 9.84 Å². The third kappa shape index (κ3) is 3.81. The molecule has 0 atom stereocenters. The SMILES string of the molecule is CN(CCBr)C(=O)c1cccc(S(C)(=O)=O)c1. The van der Waals surface area contributed by atoms with Crippen LogP contribution in [0.5, 0.6) is 0 Å². The molecule has 0 aliphatic carbocycles. The Morgan fingerprint density at radius 3 is 2.59 bits per heavy atom. The molecule has 0 aliphatic rings. The number of alkyl halides is 1. The maximum atomic E-state index is 11.9. The summed E-state index contributed by atoms with van der Waals surface area (Å²) in [5.41, 5.74) is 0.386. The number of nitrogens with zero attached hydrogens (tertiary/aromatic N) is 1. The highest BCUT2D eigenvalue weighted by atomic mass is 79.9. The van der Waals surface area contributed by atoms with E-state index < -0.39 is 9.84 Å². The molecular formula is C11H14BrNO3S. The van der Waals surface area contributed by atoms with Crippen LogP contribution in [0.4, 0.5) is 0 Å². The number of benzene rings is 1. The smallest absolute Gasteiger partial charge is 0.253 e. The van der Waals surface area contributed by atoms with Gasteiger partial charge in [-0.1, -0.05) is 22.0 Å². The van der Waals surface area contributed by atoms with Crippen LogP contribution in [0.2, 0.25) is 0 Å². The lowest BCUT2D eigenvalue weighted by atomic mass is 10.2. The Labute approximate surface area is 110 Å². The van der Waals surface area contributed by atoms with Crippen LogP contribution >= 0.6 is 15.9 Å². The molecule has 1 aromatic carbocycles. The highest BCUT2D eigenvalue weighted by molar-refractivity contribution is 9.09. The van der Waals surface area contributed by atoms with E-state index in [-0.39, 0.29) is 10.8 Å². The maximum absolute atomic E-state index is 11.9. The standard InChI is InChI=1S/C11H14BrNO3S/c1-13(7-6-12)11(14)9-4-3-5-10(8-9)17(2,15)16/h3-5,8H,6-7H2,1-2H3. The highest BCUT2D eigenvalue weighted by Crippen LogP contribution is 2.12. The zero-order valence-electron chi connectivity index (χ0n) is 9.68. The van der Waals surface area contributed by atoms with Gasteiger partial charge in [-0.15, -0.1) is 0 Å². The van der Waals surface area contributed by atoms with E-state index in [0.29, 0.717) is 17.4 Å². The van der Waals surface area contributed by atoms with Crippen molar-refractivity contribution in [2.45, 2.75) is 4.90 Å². The largest absolute Gasteiger partial charge is 0.341 e. The minimum absolute atomic E-state index is 0.163. The zero-order valence-corrected chi connectivity index (χ0v) is 12.1. The second kappa shape index (κ2) is 5.64. The first-order chi connectivity index (χ1) is 7.86. The van der Waals surface area contributed by atoms with Gasteiger partial charge in [0.1, 0.15) is 0 Å². The van der Waals surface area contributed by atoms with Gasteiger partial charge in [-0.25, -0.2) is 8.42 Å². The van der Waals surface area contributed by atoms with Crippen molar-refractivity contribution in [2.24, 2.45) is 0 Å². The predicted octanol–water partition coefficient (Wildman–Crippen LogP) is 1.56. The number of amides is 1. The van der Waals surface area contributed by atoms with Crippen molar-refractivity contribution in [1.29, 1.82) is 0 Å². The molecule has 0 aromatic heterocycles. The molecule has 0 fully saturated rings. The lowest BCUT2D eigenvalue weighted by Crippen LogP contribution is -2.28. The van der Waals surface area contributed by atoms with Crippen LogP contribution < -0.4 is 0 Å². The van der Waals surface area contributed by atoms with E-state index in [2.05, 4.69) is 15.9 Å². The van der Waals surface area contributed by atoms with Crippen molar-refractivity contribution in [2.75, 3.05) is 25.2 Å². The zero-order chi connectivity index (χ0) is 13.1. The fourth-order valence-corrected chi connectivity index (χ4v) is 2.51. The van der Waals surface area contributed by atoms with Crippen molar-refractivity contribution in [3.05, 3.63) is 29.8 Å². The number of carbonyl (C=O) groups is 1. The summed E-state index contributed by atoms with van der Waals surface area (Å²) in [6, 6.07) is 6.08. The summed E-state index contributed by atoms with van der Waals surface area (Å²) in [6.45, 7) is 0.571. The topological polar surface area (TPSA) is 54.5 Å². The van der Waals surface area contributed by atoms with Gasteiger partial charge in [0.2, 0.25) is 0 Å². The van der Waals surface area contributed by atoms with E-state index in [0.717, 1.165) is 6.26 Å². The molecule has 0 heterocycles. The van der Waals surface area contributed by atoms with Gasteiger partial charge in [0.25, 0.3) is 5.91 Å². The summed E-state index contributed by atoms with van der Waals surface area (Å²) in [6.07, 6.45) is 1.12. The molecular weight excluding hydrogens is 306 g/mol. The molecule has 0 N–H and O–H groups in total. The first-order valence-corrected chi connectivity index (χ1v) is 7.99. The molecule has 0 aliphatic heterocycles. The van der Waals surface area contributed by atoms with E-state index in [4.69, 9.17) is 0 Å².